The Hall–Kier alpha value is -9.14. The molecule has 0 amide bonds. The molecule has 8 nitrogen and oxygen atoms in total. The van der Waals surface area contributed by atoms with E-state index in [4.69, 9.17) is 29.1 Å². The van der Waals surface area contributed by atoms with Gasteiger partial charge in [-0.25, -0.2) is 0 Å². The minimum atomic E-state index is 0.0240. The van der Waals surface area contributed by atoms with Crippen molar-refractivity contribution < 1.29 is 9.15 Å². The van der Waals surface area contributed by atoms with Gasteiger partial charge in [-0.05, 0) is 137 Å². The number of rotatable bonds is 6. The van der Waals surface area contributed by atoms with Crippen LogP contribution < -0.4 is 4.74 Å². The normalized spacial score (nSPS) is 16.3. The highest BCUT2D eigenvalue weighted by atomic mass is 16.5. The minimum Gasteiger partial charge on any atom is -0.458 e. The zero-order chi connectivity index (χ0) is 45.9. The molecule has 8 heteroatoms. The largest absolute Gasteiger partial charge is 0.458 e. The maximum atomic E-state index is 6.68. The third-order valence-electron chi connectivity index (χ3n) is 14.6. The van der Waals surface area contributed by atoms with Crippen LogP contribution in [0.5, 0.6) is 5.75 Å². The Kier molecular flexibility index (Phi) is 8.44. The topological polar surface area (TPSA) is 83.8 Å². The second kappa shape index (κ2) is 15.2. The summed E-state index contributed by atoms with van der Waals surface area (Å²) in [5.41, 5.74) is 19.8. The van der Waals surface area contributed by atoms with Gasteiger partial charge in [-0.1, -0.05) is 91.0 Å². The highest BCUT2D eigenvalue weighted by Crippen LogP contribution is 2.51. The fourth-order valence-electron chi connectivity index (χ4n) is 11.3. The lowest BCUT2D eigenvalue weighted by atomic mass is 9.86. The number of benzene rings is 5. The van der Waals surface area contributed by atoms with Crippen molar-refractivity contribution >= 4 is 71.5 Å². The number of aromatic nitrogens is 6. The van der Waals surface area contributed by atoms with E-state index in [-0.39, 0.29) is 12.0 Å². The van der Waals surface area contributed by atoms with Gasteiger partial charge in [-0.3, -0.25) is 19.9 Å². The molecular weight excluding hydrogens is 861 g/mol. The highest BCUT2D eigenvalue weighted by molar-refractivity contribution is 6.11. The molecule has 12 aromatic rings. The summed E-state index contributed by atoms with van der Waals surface area (Å²) in [7, 11) is 0. The van der Waals surface area contributed by atoms with Crippen LogP contribution in [0.4, 0.5) is 0 Å². The first kappa shape index (κ1) is 38.9. The Morgan fingerprint density at radius 2 is 1.20 bits per heavy atom. The first-order valence-corrected chi connectivity index (χ1v) is 23.9. The van der Waals surface area contributed by atoms with Crippen molar-refractivity contribution in [2.45, 2.75) is 24.8 Å². The van der Waals surface area contributed by atoms with Crippen molar-refractivity contribution in [1.29, 1.82) is 0 Å². The summed E-state index contributed by atoms with van der Waals surface area (Å²) in [5, 5.41) is 3.26. The van der Waals surface area contributed by atoms with E-state index in [1.807, 2.05) is 43.0 Å². The van der Waals surface area contributed by atoms with Gasteiger partial charge in [0.05, 0.1) is 50.8 Å². The van der Waals surface area contributed by atoms with Crippen LogP contribution >= 0.6 is 0 Å². The molecule has 0 spiro atoms. The Morgan fingerprint density at radius 1 is 0.514 bits per heavy atom. The fourth-order valence-corrected chi connectivity index (χ4v) is 11.3. The van der Waals surface area contributed by atoms with Crippen LogP contribution in [-0.2, 0) is 0 Å². The van der Waals surface area contributed by atoms with E-state index in [1.54, 1.807) is 0 Å². The number of furan rings is 1. The van der Waals surface area contributed by atoms with Crippen molar-refractivity contribution in [3.05, 3.63) is 224 Å². The minimum absolute atomic E-state index is 0.0240. The smallest absolute Gasteiger partial charge is 0.161 e. The number of para-hydroxylation sites is 1. The SMILES string of the molecule is C1=CCC(n2c3ccc(-c4ccc5oc6c(-c7ccc(-c8ccnc9c8OC8=CC=C(c%10ccc%11c(c%10)c%10ncccc%10n%11-c%10ccccc%10)CC89)cc7)ccnc6c5c4)cc3c3ncccc32)C=C1. The fraction of sp³-hybridized carbons (Fsp3) is 0.0645. The molecule has 70 heavy (non-hydrogen) atoms. The molecule has 7 aromatic heterocycles. The molecule has 0 N–H and O–H groups in total. The average Bonchev–Trinajstić information content (AvgIpc) is 4.18. The van der Waals surface area contributed by atoms with Crippen molar-refractivity contribution in [2.75, 3.05) is 0 Å². The van der Waals surface area contributed by atoms with Crippen molar-refractivity contribution in [3.63, 3.8) is 0 Å². The average molecular weight is 901 g/mol. The van der Waals surface area contributed by atoms with Gasteiger partial charge in [0, 0.05) is 57.8 Å². The van der Waals surface area contributed by atoms with Crippen molar-refractivity contribution in [3.8, 4) is 44.8 Å². The molecular formula is C62H40N6O2. The van der Waals surface area contributed by atoms with Gasteiger partial charge in [0.2, 0.25) is 0 Å². The number of hydrogen-bond donors (Lipinski definition) is 0. The predicted octanol–water partition coefficient (Wildman–Crippen LogP) is 15.3. The third kappa shape index (κ3) is 5.89. The van der Waals surface area contributed by atoms with Gasteiger partial charge >= 0.3 is 0 Å². The van der Waals surface area contributed by atoms with E-state index in [0.717, 1.165) is 130 Å². The molecule has 330 valence electrons. The number of nitrogens with zero attached hydrogens (tertiary/aromatic N) is 6. The lowest BCUT2D eigenvalue weighted by Gasteiger charge is -2.18. The van der Waals surface area contributed by atoms with E-state index >= 15 is 0 Å². The van der Waals surface area contributed by atoms with E-state index in [2.05, 4.69) is 173 Å². The van der Waals surface area contributed by atoms with Gasteiger partial charge in [-0.15, -0.1) is 0 Å². The van der Waals surface area contributed by atoms with E-state index in [1.165, 1.54) is 16.7 Å². The van der Waals surface area contributed by atoms with Crippen LogP contribution in [0, 0.1) is 0 Å². The summed E-state index contributed by atoms with van der Waals surface area (Å²) in [6.45, 7) is 0. The Morgan fingerprint density at radius 3 is 2.04 bits per heavy atom. The monoisotopic (exact) mass is 900 g/mol. The van der Waals surface area contributed by atoms with Gasteiger partial charge in [-0.2, -0.15) is 0 Å². The summed E-state index contributed by atoms with van der Waals surface area (Å²) in [4.78, 5) is 19.5. The lowest BCUT2D eigenvalue weighted by Crippen LogP contribution is -2.06. The Labute approximate surface area is 401 Å². The van der Waals surface area contributed by atoms with Crippen molar-refractivity contribution in [1.82, 2.24) is 29.1 Å². The van der Waals surface area contributed by atoms with E-state index in [9.17, 15) is 0 Å². The summed E-state index contributed by atoms with van der Waals surface area (Å²) >= 11 is 0. The van der Waals surface area contributed by atoms with Gasteiger partial charge in [0.15, 0.2) is 11.3 Å². The van der Waals surface area contributed by atoms with Crippen LogP contribution in [0.1, 0.15) is 36.1 Å². The molecule has 0 saturated heterocycles. The molecule has 8 heterocycles. The molecule has 0 bridgehead atoms. The molecule has 2 aliphatic carbocycles. The highest BCUT2D eigenvalue weighted by Gasteiger charge is 2.36. The molecule has 3 aliphatic rings. The van der Waals surface area contributed by atoms with Crippen LogP contribution in [0.2, 0.25) is 0 Å². The van der Waals surface area contributed by atoms with Crippen LogP contribution in [-0.4, -0.2) is 29.1 Å². The number of pyridine rings is 4. The second-order valence-corrected chi connectivity index (χ2v) is 18.5. The van der Waals surface area contributed by atoms with Crippen LogP contribution in [0.15, 0.2) is 217 Å². The molecule has 1 aliphatic heterocycles. The predicted molar refractivity (Wildman–Crippen MR) is 281 cm³/mol. The summed E-state index contributed by atoms with van der Waals surface area (Å²) in [5.74, 6) is 1.78. The van der Waals surface area contributed by atoms with Crippen LogP contribution in [0.3, 0.4) is 0 Å². The van der Waals surface area contributed by atoms with Crippen molar-refractivity contribution in [2.24, 2.45) is 0 Å². The maximum absolute atomic E-state index is 6.68. The summed E-state index contributed by atoms with van der Waals surface area (Å²) in [6.07, 6.45) is 22.4. The van der Waals surface area contributed by atoms with Crippen LogP contribution in [0.25, 0.3) is 111 Å². The number of allylic oxidation sites excluding steroid dienone is 8. The molecule has 0 radical (unpaired) electrons. The molecule has 0 saturated carbocycles. The second-order valence-electron chi connectivity index (χ2n) is 18.5. The number of hydrogen-bond acceptors (Lipinski definition) is 6. The zero-order valence-electron chi connectivity index (χ0n) is 37.7. The van der Waals surface area contributed by atoms with Gasteiger partial charge < -0.3 is 18.3 Å². The molecule has 2 unspecified atom stereocenters. The maximum Gasteiger partial charge on any atom is 0.161 e. The van der Waals surface area contributed by atoms with Gasteiger partial charge in [0.1, 0.15) is 16.9 Å². The molecule has 0 fully saturated rings. The lowest BCUT2D eigenvalue weighted by molar-refractivity contribution is 0.427. The van der Waals surface area contributed by atoms with E-state index < -0.39 is 0 Å². The summed E-state index contributed by atoms with van der Waals surface area (Å²) < 4.78 is 18.0. The molecule has 5 aromatic carbocycles. The Bertz CT molecular complexity index is 4280. The first-order chi connectivity index (χ1) is 34.7. The van der Waals surface area contributed by atoms with Gasteiger partial charge in [0.25, 0.3) is 0 Å². The first-order valence-electron chi connectivity index (χ1n) is 23.9. The quantitative estimate of drug-likeness (QED) is 0.165. The van der Waals surface area contributed by atoms with E-state index in [0.29, 0.717) is 0 Å². The number of fused-ring (bicyclic) bond motifs is 12. The standard InChI is InChI=1S/C62H40N6O2/c1-3-9-43(10-4-1)67-51-23-19-39(33-47(51)57-53(67)13-7-29-63-57)41-21-25-55-49(35-41)59-61(69-55)45(27-31-65-59)37-15-17-38(18-16-37)46-28-32-66-60-50-36-42(22-26-56(50)70-62(46)60)40-20-24-52-48(34-40)58-54(14-8-30-64-58)68(52)44-11-5-2-6-12-44/h1-11,13-34,36,44,49H,12,35H2. The number of ether oxygens (including phenoxy) is 1. The summed E-state index contributed by atoms with van der Waals surface area (Å²) in [6, 6.07) is 51.8. The third-order valence-corrected chi connectivity index (χ3v) is 14.6. The zero-order valence-corrected chi connectivity index (χ0v) is 37.7. The molecule has 15 rings (SSSR count). The Balaban J connectivity index is 0.723. The molecule has 2 atom stereocenters.